The largest absolute Gasteiger partial charge is 0.491 e. The lowest BCUT2D eigenvalue weighted by molar-refractivity contribution is 0.0777. The second-order valence-corrected chi connectivity index (χ2v) is 13.5. The van der Waals surface area contributed by atoms with Crippen LogP contribution in [0, 0.1) is 5.82 Å². The van der Waals surface area contributed by atoms with Gasteiger partial charge in [0, 0.05) is 35.9 Å². The van der Waals surface area contributed by atoms with Gasteiger partial charge < -0.3 is 24.8 Å². The molecule has 1 amide bonds. The number of fused-ring (bicyclic) bond motifs is 2. The van der Waals surface area contributed by atoms with E-state index in [9.17, 15) is 23.4 Å². The first-order valence-corrected chi connectivity index (χ1v) is 16.1. The van der Waals surface area contributed by atoms with Crippen LogP contribution in [0.2, 0.25) is 0 Å². The number of aromatic nitrogens is 2. The molecule has 44 heavy (non-hydrogen) atoms. The van der Waals surface area contributed by atoms with Crippen molar-refractivity contribution in [3.05, 3.63) is 82.9 Å². The maximum atomic E-state index is 15.4. The number of anilines is 1. The Bertz CT molecular complexity index is 1930. The van der Waals surface area contributed by atoms with E-state index in [1.807, 2.05) is 24.3 Å². The third kappa shape index (κ3) is 5.38. The van der Waals surface area contributed by atoms with Crippen molar-refractivity contribution in [2.75, 3.05) is 37.4 Å². The lowest BCUT2D eigenvalue weighted by atomic mass is 9.95. The number of pyridine rings is 1. The Morgan fingerprint density at radius 1 is 1.14 bits per heavy atom. The molecule has 0 saturated carbocycles. The van der Waals surface area contributed by atoms with Crippen molar-refractivity contribution in [2.45, 2.75) is 32.5 Å². The van der Waals surface area contributed by atoms with Crippen LogP contribution in [0.3, 0.4) is 0 Å². The van der Waals surface area contributed by atoms with Crippen molar-refractivity contribution in [2.24, 2.45) is 0 Å². The summed E-state index contributed by atoms with van der Waals surface area (Å²) in [4.78, 5) is 23.1. The smallest absolute Gasteiger partial charge is 0.265 e. The number of carbonyl (C=O) groups is 1. The lowest BCUT2D eigenvalue weighted by Gasteiger charge is -2.25. The van der Waals surface area contributed by atoms with Crippen LogP contribution in [0.1, 0.15) is 47.4 Å². The zero-order valence-corrected chi connectivity index (χ0v) is 25.4. The zero-order valence-electron chi connectivity index (χ0n) is 24.6. The Morgan fingerprint density at radius 3 is 2.61 bits per heavy atom. The number of amides is 1. The fourth-order valence-electron chi connectivity index (χ4n) is 5.85. The number of hydrogen-bond donors (Lipinski definition) is 3. The highest BCUT2D eigenvalue weighted by Gasteiger charge is 2.32. The average Bonchev–Trinajstić information content (AvgIpc) is 3.35. The molecule has 0 fully saturated rings. The van der Waals surface area contributed by atoms with E-state index in [1.165, 1.54) is 35.4 Å². The van der Waals surface area contributed by atoms with E-state index < -0.39 is 34.0 Å². The predicted molar refractivity (Wildman–Crippen MR) is 165 cm³/mol. The first-order valence-electron chi connectivity index (χ1n) is 14.2. The SMILES string of the molecule is CC(C)(O)c1cc(F)c2c(c1)OCCN(c1cccc(-c3ccnc4[nH]c(C5=CCN(S(C)(=O)=O)CC5)cc34)c1CO)C2=O. The summed E-state index contributed by atoms with van der Waals surface area (Å²) >= 11 is 0. The number of nitrogens with one attached hydrogen (secondary N) is 1. The van der Waals surface area contributed by atoms with E-state index in [1.54, 1.807) is 18.3 Å². The molecule has 0 atom stereocenters. The molecule has 4 heterocycles. The van der Waals surface area contributed by atoms with Gasteiger partial charge >= 0.3 is 0 Å². The van der Waals surface area contributed by atoms with Crippen LogP contribution in [0.25, 0.3) is 27.7 Å². The highest BCUT2D eigenvalue weighted by molar-refractivity contribution is 7.88. The van der Waals surface area contributed by atoms with Crippen LogP contribution >= 0.6 is 0 Å². The Kier molecular flexibility index (Phi) is 7.57. The molecule has 4 aromatic rings. The molecule has 3 N–H and O–H groups in total. The van der Waals surface area contributed by atoms with Gasteiger partial charge in [0.2, 0.25) is 10.0 Å². The van der Waals surface area contributed by atoms with E-state index in [0.29, 0.717) is 35.4 Å². The van der Waals surface area contributed by atoms with Crippen LogP contribution in [0.5, 0.6) is 5.75 Å². The van der Waals surface area contributed by atoms with Gasteiger partial charge in [0.25, 0.3) is 5.91 Å². The summed E-state index contributed by atoms with van der Waals surface area (Å²) in [5.41, 5.74) is 3.51. The van der Waals surface area contributed by atoms with Crippen molar-refractivity contribution in [3.63, 3.8) is 0 Å². The standard InChI is InChI=1S/C32H33FN4O6S/c1-32(2,40)20-15-25(33)29-28(16-20)43-14-13-37(31(29)39)27-6-4-5-21(24(27)18-38)22-7-10-34-30-23(22)17-26(35-30)19-8-11-36(12-9-19)44(3,41)42/h4-8,10,15-17,38,40H,9,11-14,18H2,1-3H3,(H,34,35). The number of aromatic amines is 1. The van der Waals surface area contributed by atoms with Gasteiger partial charge in [0.15, 0.2) is 0 Å². The number of benzene rings is 2. The van der Waals surface area contributed by atoms with Crippen molar-refractivity contribution < 1.29 is 32.6 Å². The molecule has 0 radical (unpaired) electrons. The molecule has 2 aromatic heterocycles. The summed E-state index contributed by atoms with van der Waals surface area (Å²) < 4.78 is 46.5. The van der Waals surface area contributed by atoms with Gasteiger partial charge in [0.1, 0.15) is 29.4 Å². The zero-order chi connectivity index (χ0) is 31.4. The summed E-state index contributed by atoms with van der Waals surface area (Å²) in [6, 6.07) is 11.8. The molecule has 0 aliphatic carbocycles. The molecule has 0 saturated heterocycles. The molecule has 2 aliphatic rings. The molecular weight excluding hydrogens is 587 g/mol. The number of ether oxygens (including phenoxy) is 1. The fourth-order valence-corrected chi connectivity index (χ4v) is 6.61. The van der Waals surface area contributed by atoms with Crippen molar-refractivity contribution >= 4 is 38.2 Å². The number of carbonyl (C=O) groups excluding carboxylic acids is 1. The predicted octanol–water partition coefficient (Wildman–Crippen LogP) is 4.18. The number of H-pyrrole nitrogens is 1. The monoisotopic (exact) mass is 620 g/mol. The van der Waals surface area contributed by atoms with Gasteiger partial charge in [-0.1, -0.05) is 18.2 Å². The van der Waals surface area contributed by atoms with E-state index >= 15 is 4.39 Å². The van der Waals surface area contributed by atoms with Gasteiger partial charge in [-0.2, -0.15) is 4.31 Å². The van der Waals surface area contributed by atoms with E-state index in [0.717, 1.165) is 28.3 Å². The number of halogens is 1. The van der Waals surface area contributed by atoms with Gasteiger partial charge in [-0.15, -0.1) is 0 Å². The van der Waals surface area contributed by atoms with Crippen molar-refractivity contribution in [1.29, 1.82) is 0 Å². The van der Waals surface area contributed by atoms with Crippen LogP contribution in [0.4, 0.5) is 10.1 Å². The van der Waals surface area contributed by atoms with E-state index in [-0.39, 0.29) is 36.6 Å². The Balaban J connectivity index is 1.40. The molecule has 12 heteroatoms. The maximum absolute atomic E-state index is 15.4. The second kappa shape index (κ2) is 11.1. The number of aliphatic hydroxyl groups is 2. The topological polar surface area (TPSA) is 136 Å². The quantitative estimate of drug-likeness (QED) is 0.294. The molecule has 230 valence electrons. The first kappa shape index (κ1) is 29.9. The van der Waals surface area contributed by atoms with E-state index in [4.69, 9.17) is 4.74 Å². The summed E-state index contributed by atoms with van der Waals surface area (Å²) in [6.45, 7) is 3.52. The highest BCUT2D eigenvalue weighted by atomic mass is 32.2. The number of hydrogen-bond acceptors (Lipinski definition) is 7. The average molecular weight is 621 g/mol. The molecule has 6 rings (SSSR count). The fraction of sp³-hybridized carbons (Fsp3) is 0.312. The number of sulfonamides is 1. The molecule has 0 spiro atoms. The normalized spacial score (nSPS) is 16.5. The summed E-state index contributed by atoms with van der Waals surface area (Å²) in [7, 11) is -3.28. The minimum Gasteiger partial charge on any atom is -0.491 e. The third-order valence-corrected chi connectivity index (χ3v) is 9.47. The van der Waals surface area contributed by atoms with Crippen molar-refractivity contribution in [1.82, 2.24) is 14.3 Å². The van der Waals surface area contributed by atoms with Gasteiger partial charge in [0.05, 0.1) is 30.7 Å². The van der Waals surface area contributed by atoms with Gasteiger partial charge in [-0.3, -0.25) is 4.79 Å². The Morgan fingerprint density at radius 2 is 1.93 bits per heavy atom. The maximum Gasteiger partial charge on any atom is 0.265 e. The summed E-state index contributed by atoms with van der Waals surface area (Å²) in [5.74, 6) is -1.35. The summed E-state index contributed by atoms with van der Waals surface area (Å²) in [5, 5.41) is 21.8. The first-order chi connectivity index (χ1) is 20.9. The molecule has 0 bridgehead atoms. The van der Waals surface area contributed by atoms with Crippen LogP contribution in [0.15, 0.2) is 54.7 Å². The molecule has 0 unspecified atom stereocenters. The summed E-state index contributed by atoms with van der Waals surface area (Å²) in [6.07, 6.45) is 5.29. The second-order valence-electron chi connectivity index (χ2n) is 11.6. The lowest BCUT2D eigenvalue weighted by Crippen LogP contribution is -2.33. The third-order valence-electron chi connectivity index (χ3n) is 8.20. The molecule has 2 aromatic carbocycles. The number of rotatable bonds is 6. The molecular formula is C32H33FN4O6S. The van der Waals surface area contributed by atoms with E-state index in [2.05, 4.69) is 9.97 Å². The van der Waals surface area contributed by atoms with Crippen LogP contribution in [-0.2, 0) is 22.2 Å². The highest BCUT2D eigenvalue weighted by Crippen LogP contribution is 2.39. The number of nitrogens with zero attached hydrogens (tertiary/aromatic N) is 3. The molecule has 2 aliphatic heterocycles. The van der Waals surface area contributed by atoms with Gasteiger partial charge in [-0.05, 0) is 72.9 Å². The Labute approximate surface area is 254 Å². The minimum absolute atomic E-state index is 0.0590. The minimum atomic E-state index is -3.28. The van der Waals surface area contributed by atoms with Crippen LogP contribution in [-0.4, -0.2) is 71.3 Å². The van der Waals surface area contributed by atoms with Crippen molar-refractivity contribution in [3.8, 4) is 16.9 Å². The number of aliphatic hydroxyl groups excluding tert-OH is 1. The van der Waals surface area contributed by atoms with Gasteiger partial charge in [-0.25, -0.2) is 17.8 Å². The molecule has 10 nitrogen and oxygen atoms in total. The Hall–Kier alpha value is -4.10. The van der Waals surface area contributed by atoms with Crippen LogP contribution < -0.4 is 9.64 Å².